The Balaban J connectivity index is 2.17. The molecule has 90 valence electrons. The van der Waals surface area contributed by atoms with Gasteiger partial charge in [0.15, 0.2) is 0 Å². The molecule has 0 aromatic heterocycles. The van der Waals surface area contributed by atoms with Gasteiger partial charge in [0.25, 0.3) is 0 Å². The smallest absolute Gasteiger partial charge is 0.0109 e. The Labute approximate surface area is 94.8 Å². The number of likely N-dealkylation sites (N-methyl/N-ethyl adjacent to an activating group) is 1. The van der Waals surface area contributed by atoms with Gasteiger partial charge in [0, 0.05) is 19.6 Å². The maximum Gasteiger partial charge on any atom is 0.0109 e. The summed E-state index contributed by atoms with van der Waals surface area (Å²) in [7, 11) is 4.31. The Hall–Kier alpha value is -0.120. The van der Waals surface area contributed by atoms with Gasteiger partial charge < -0.3 is 15.1 Å². The van der Waals surface area contributed by atoms with Crippen molar-refractivity contribution >= 4 is 0 Å². The van der Waals surface area contributed by atoms with Crippen molar-refractivity contribution in [3.8, 4) is 0 Å². The predicted molar refractivity (Wildman–Crippen MR) is 66.3 cm³/mol. The third-order valence-electron chi connectivity index (χ3n) is 3.15. The molecule has 1 fully saturated rings. The van der Waals surface area contributed by atoms with Crippen molar-refractivity contribution in [1.82, 2.24) is 15.1 Å². The molecule has 0 spiro atoms. The summed E-state index contributed by atoms with van der Waals surface area (Å²) < 4.78 is 0. The van der Waals surface area contributed by atoms with E-state index in [1.807, 2.05) is 0 Å². The van der Waals surface area contributed by atoms with E-state index in [1.54, 1.807) is 0 Å². The number of nitrogens with zero attached hydrogens (tertiary/aromatic N) is 2. The van der Waals surface area contributed by atoms with Gasteiger partial charge in [0.2, 0.25) is 0 Å². The van der Waals surface area contributed by atoms with E-state index in [2.05, 4.69) is 36.1 Å². The Kier molecular flexibility index (Phi) is 6.22. The van der Waals surface area contributed by atoms with E-state index in [1.165, 1.54) is 45.6 Å². The van der Waals surface area contributed by atoms with Crippen LogP contribution < -0.4 is 5.32 Å². The first-order valence-corrected chi connectivity index (χ1v) is 6.30. The molecule has 0 aromatic rings. The van der Waals surface area contributed by atoms with Crippen LogP contribution in [0.5, 0.6) is 0 Å². The number of rotatable bonds is 6. The molecule has 0 aromatic carbocycles. The molecule has 1 aliphatic heterocycles. The zero-order chi connectivity index (χ0) is 11.1. The van der Waals surface area contributed by atoms with Crippen molar-refractivity contribution in [2.45, 2.75) is 19.8 Å². The summed E-state index contributed by atoms with van der Waals surface area (Å²) in [5.74, 6) is 0.876. The Morgan fingerprint density at radius 2 is 2.20 bits per heavy atom. The van der Waals surface area contributed by atoms with E-state index >= 15 is 0 Å². The molecule has 3 nitrogen and oxygen atoms in total. The maximum atomic E-state index is 3.47. The largest absolute Gasteiger partial charge is 0.317 e. The normalized spacial score (nSPS) is 23.6. The molecule has 1 saturated heterocycles. The highest BCUT2D eigenvalue weighted by Crippen LogP contribution is 2.15. The number of hydrogen-bond acceptors (Lipinski definition) is 3. The first-order valence-electron chi connectivity index (χ1n) is 6.30. The zero-order valence-electron chi connectivity index (χ0n) is 10.6. The quantitative estimate of drug-likeness (QED) is 0.706. The molecular weight excluding hydrogens is 186 g/mol. The van der Waals surface area contributed by atoms with E-state index in [0.717, 1.165) is 12.5 Å². The van der Waals surface area contributed by atoms with Crippen LogP contribution in [-0.4, -0.2) is 63.2 Å². The molecule has 0 saturated carbocycles. The highest BCUT2D eigenvalue weighted by atomic mass is 15.2. The first kappa shape index (κ1) is 12.9. The summed E-state index contributed by atoms with van der Waals surface area (Å²) in [4.78, 5) is 4.89. The summed E-state index contributed by atoms with van der Waals surface area (Å²) >= 11 is 0. The number of piperidine rings is 1. The highest BCUT2D eigenvalue weighted by Gasteiger charge is 2.18. The third-order valence-corrected chi connectivity index (χ3v) is 3.15. The van der Waals surface area contributed by atoms with Crippen LogP contribution in [0, 0.1) is 5.92 Å². The van der Waals surface area contributed by atoms with Crippen LogP contribution in [0.4, 0.5) is 0 Å². The van der Waals surface area contributed by atoms with Gasteiger partial charge in [-0.15, -0.1) is 0 Å². The molecule has 0 bridgehead atoms. The second-order valence-electron chi connectivity index (χ2n) is 4.92. The molecule has 0 radical (unpaired) electrons. The van der Waals surface area contributed by atoms with Gasteiger partial charge in [-0.3, -0.25) is 0 Å². The molecule has 1 rings (SSSR count). The summed E-state index contributed by atoms with van der Waals surface area (Å²) in [6.45, 7) is 9.51. The standard InChI is InChI=1S/C12H27N3/c1-4-13-10-12-6-5-7-15(11-12)9-8-14(2)3/h12-13H,4-11H2,1-3H3. The molecule has 1 aliphatic rings. The van der Waals surface area contributed by atoms with Crippen molar-refractivity contribution in [1.29, 1.82) is 0 Å². The van der Waals surface area contributed by atoms with E-state index < -0.39 is 0 Å². The molecule has 1 heterocycles. The van der Waals surface area contributed by atoms with E-state index in [4.69, 9.17) is 0 Å². The number of nitrogens with one attached hydrogen (secondary N) is 1. The molecule has 1 unspecified atom stereocenters. The van der Waals surface area contributed by atoms with Crippen molar-refractivity contribution in [3.63, 3.8) is 0 Å². The van der Waals surface area contributed by atoms with Gasteiger partial charge in [-0.25, -0.2) is 0 Å². The van der Waals surface area contributed by atoms with Crippen LogP contribution >= 0.6 is 0 Å². The summed E-state index contributed by atoms with van der Waals surface area (Å²) in [5, 5.41) is 3.47. The van der Waals surface area contributed by atoms with E-state index in [0.29, 0.717) is 0 Å². The fourth-order valence-electron chi connectivity index (χ4n) is 2.21. The minimum Gasteiger partial charge on any atom is -0.317 e. The average molecular weight is 213 g/mol. The lowest BCUT2D eigenvalue weighted by Crippen LogP contribution is -2.42. The topological polar surface area (TPSA) is 18.5 Å². The van der Waals surface area contributed by atoms with Crippen molar-refractivity contribution in [3.05, 3.63) is 0 Å². The zero-order valence-corrected chi connectivity index (χ0v) is 10.6. The lowest BCUT2D eigenvalue weighted by molar-refractivity contribution is 0.160. The summed E-state index contributed by atoms with van der Waals surface area (Å²) in [6, 6.07) is 0. The minimum absolute atomic E-state index is 0.876. The molecule has 3 heteroatoms. The molecule has 0 amide bonds. The maximum absolute atomic E-state index is 3.47. The van der Waals surface area contributed by atoms with Gasteiger partial charge in [0.1, 0.15) is 0 Å². The van der Waals surface area contributed by atoms with Crippen LogP contribution in [0.1, 0.15) is 19.8 Å². The first-order chi connectivity index (χ1) is 7.22. The Morgan fingerprint density at radius 1 is 1.40 bits per heavy atom. The summed E-state index contributed by atoms with van der Waals surface area (Å²) in [6.07, 6.45) is 2.79. The van der Waals surface area contributed by atoms with Gasteiger partial charge in [0.05, 0.1) is 0 Å². The van der Waals surface area contributed by atoms with Gasteiger partial charge in [-0.1, -0.05) is 6.92 Å². The molecular formula is C12H27N3. The Bertz CT molecular complexity index is 159. The summed E-state index contributed by atoms with van der Waals surface area (Å²) in [5.41, 5.74) is 0. The fraction of sp³-hybridized carbons (Fsp3) is 1.00. The average Bonchev–Trinajstić information content (AvgIpc) is 2.24. The third kappa shape index (κ3) is 5.50. The minimum atomic E-state index is 0.876. The van der Waals surface area contributed by atoms with Crippen LogP contribution in [-0.2, 0) is 0 Å². The molecule has 1 N–H and O–H groups in total. The van der Waals surface area contributed by atoms with Crippen molar-refractivity contribution < 1.29 is 0 Å². The van der Waals surface area contributed by atoms with Crippen LogP contribution in [0.15, 0.2) is 0 Å². The van der Waals surface area contributed by atoms with Crippen molar-refractivity contribution in [2.75, 3.05) is 53.4 Å². The van der Waals surface area contributed by atoms with Gasteiger partial charge >= 0.3 is 0 Å². The van der Waals surface area contributed by atoms with Crippen LogP contribution in [0.3, 0.4) is 0 Å². The molecule has 15 heavy (non-hydrogen) atoms. The monoisotopic (exact) mass is 213 g/mol. The van der Waals surface area contributed by atoms with Gasteiger partial charge in [-0.05, 0) is 52.5 Å². The van der Waals surface area contributed by atoms with Crippen LogP contribution in [0.2, 0.25) is 0 Å². The van der Waals surface area contributed by atoms with Crippen LogP contribution in [0.25, 0.3) is 0 Å². The van der Waals surface area contributed by atoms with Crippen molar-refractivity contribution in [2.24, 2.45) is 5.92 Å². The van der Waals surface area contributed by atoms with E-state index in [-0.39, 0.29) is 0 Å². The molecule has 1 atom stereocenters. The second-order valence-corrected chi connectivity index (χ2v) is 4.92. The number of hydrogen-bond donors (Lipinski definition) is 1. The lowest BCUT2D eigenvalue weighted by Gasteiger charge is -2.33. The second kappa shape index (κ2) is 7.20. The van der Waals surface area contributed by atoms with E-state index in [9.17, 15) is 0 Å². The fourth-order valence-corrected chi connectivity index (χ4v) is 2.21. The molecule has 0 aliphatic carbocycles. The highest BCUT2D eigenvalue weighted by molar-refractivity contribution is 4.74. The predicted octanol–water partition coefficient (Wildman–Crippen LogP) is 0.870. The Morgan fingerprint density at radius 3 is 2.87 bits per heavy atom. The SMILES string of the molecule is CCNCC1CCCN(CCN(C)C)C1. The lowest BCUT2D eigenvalue weighted by atomic mass is 9.98. The number of likely N-dealkylation sites (tertiary alicyclic amines) is 1. The van der Waals surface area contributed by atoms with Gasteiger partial charge in [-0.2, -0.15) is 0 Å².